The van der Waals surface area contributed by atoms with Gasteiger partial charge in [0.1, 0.15) is 0 Å². The minimum Gasteiger partial charge on any atom is -0.454 e. The number of halogens is 1. The number of ketones is 1. The lowest BCUT2D eigenvalue weighted by Crippen LogP contribution is -2.31. The molecule has 6 nitrogen and oxygen atoms in total. The van der Waals surface area contributed by atoms with Crippen molar-refractivity contribution in [2.75, 3.05) is 11.5 Å². The number of amides is 2. The van der Waals surface area contributed by atoms with Crippen molar-refractivity contribution < 1.29 is 23.9 Å². The number of rotatable bonds is 6. The Balaban J connectivity index is 1.28. The van der Waals surface area contributed by atoms with Crippen LogP contribution in [0.15, 0.2) is 83.3 Å². The second-order valence-electron chi connectivity index (χ2n) is 9.20. The van der Waals surface area contributed by atoms with Gasteiger partial charge in [0, 0.05) is 10.0 Å². The van der Waals surface area contributed by atoms with E-state index in [-0.39, 0.29) is 40.9 Å². The molecule has 1 heterocycles. The first-order valence-electron chi connectivity index (χ1n) is 11.9. The van der Waals surface area contributed by atoms with E-state index in [1.807, 2.05) is 18.2 Å². The summed E-state index contributed by atoms with van der Waals surface area (Å²) in [6.45, 7) is -0.405. The number of carbonyl (C=O) groups is 4. The molecule has 0 bridgehead atoms. The van der Waals surface area contributed by atoms with E-state index in [2.05, 4.69) is 28.1 Å². The molecule has 182 valence electrons. The van der Waals surface area contributed by atoms with Gasteiger partial charge in [-0.1, -0.05) is 64.5 Å². The maximum atomic E-state index is 13.3. The standard InChI is InChI=1S/C29H24BrNO5/c30-22-12-9-19(10-13-22)26(32)17-36-29(35)21-7-4-8-23(15-21)31-27(33)24-14-11-20(16-25(24)28(31)34)18-5-2-1-3-6-18/h1-10,12-13,15,20,24-25H,11,14,16-17H2/t20-,24-,25+/m0/s1. The smallest absolute Gasteiger partial charge is 0.338 e. The number of benzene rings is 3. The lowest BCUT2D eigenvalue weighted by atomic mass is 9.73. The van der Waals surface area contributed by atoms with Crippen LogP contribution in [-0.4, -0.2) is 30.2 Å². The fourth-order valence-corrected chi connectivity index (χ4v) is 5.43. The molecule has 2 amide bonds. The van der Waals surface area contributed by atoms with E-state index < -0.39 is 12.6 Å². The van der Waals surface area contributed by atoms with Crippen molar-refractivity contribution >= 4 is 45.2 Å². The average Bonchev–Trinajstić information content (AvgIpc) is 3.17. The number of hydrogen-bond donors (Lipinski definition) is 0. The highest BCUT2D eigenvalue weighted by atomic mass is 79.9. The summed E-state index contributed by atoms with van der Waals surface area (Å²) in [7, 11) is 0. The molecule has 1 saturated heterocycles. The molecule has 5 rings (SSSR count). The maximum Gasteiger partial charge on any atom is 0.338 e. The molecule has 3 aromatic carbocycles. The van der Waals surface area contributed by atoms with Crippen molar-refractivity contribution in [1.82, 2.24) is 0 Å². The topological polar surface area (TPSA) is 80.8 Å². The Morgan fingerprint density at radius 1 is 0.833 bits per heavy atom. The summed E-state index contributed by atoms with van der Waals surface area (Å²) in [5, 5.41) is 0. The summed E-state index contributed by atoms with van der Waals surface area (Å²) in [6, 6.07) is 23.1. The predicted octanol–water partition coefficient (Wildman–Crippen LogP) is 5.56. The molecule has 2 aliphatic rings. The van der Waals surface area contributed by atoms with Crippen LogP contribution in [0.3, 0.4) is 0 Å². The van der Waals surface area contributed by atoms with Crippen LogP contribution in [0.1, 0.15) is 51.5 Å². The average molecular weight is 546 g/mol. The van der Waals surface area contributed by atoms with Crippen LogP contribution in [0.5, 0.6) is 0 Å². The quantitative estimate of drug-likeness (QED) is 0.230. The number of anilines is 1. The third-order valence-corrected chi connectivity index (χ3v) is 7.57. The third kappa shape index (κ3) is 4.75. The van der Waals surface area contributed by atoms with Gasteiger partial charge in [0.05, 0.1) is 23.1 Å². The van der Waals surface area contributed by atoms with Crippen molar-refractivity contribution in [1.29, 1.82) is 0 Å². The van der Waals surface area contributed by atoms with E-state index in [0.717, 1.165) is 10.9 Å². The highest BCUT2D eigenvalue weighted by Gasteiger charge is 2.50. The molecule has 1 aliphatic heterocycles. The molecular weight excluding hydrogens is 522 g/mol. The second-order valence-corrected chi connectivity index (χ2v) is 10.1. The summed E-state index contributed by atoms with van der Waals surface area (Å²) in [6.07, 6.45) is 2.15. The molecule has 36 heavy (non-hydrogen) atoms. The third-order valence-electron chi connectivity index (χ3n) is 7.04. The van der Waals surface area contributed by atoms with E-state index in [1.165, 1.54) is 16.5 Å². The van der Waals surface area contributed by atoms with Crippen LogP contribution in [0, 0.1) is 11.8 Å². The Hall–Kier alpha value is -3.58. The molecule has 3 aromatic rings. The first-order valence-corrected chi connectivity index (χ1v) is 12.7. The van der Waals surface area contributed by atoms with Crippen molar-refractivity contribution in [3.63, 3.8) is 0 Å². The zero-order valence-corrected chi connectivity index (χ0v) is 21.0. The molecule has 1 aliphatic carbocycles. The van der Waals surface area contributed by atoms with Crippen LogP contribution >= 0.6 is 15.9 Å². The molecule has 0 N–H and O–H groups in total. The van der Waals surface area contributed by atoms with Crippen molar-refractivity contribution in [3.8, 4) is 0 Å². The minimum absolute atomic E-state index is 0.175. The zero-order valence-electron chi connectivity index (χ0n) is 19.4. The summed E-state index contributed by atoms with van der Waals surface area (Å²) < 4.78 is 6.06. The van der Waals surface area contributed by atoms with Crippen molar-refractivity contribution in [2.24, 2.45) is 11.8 Å². The number of nitrogens with zero attached hydrogens (tertiary/aromatic N) is 1. The number of hydrogen-bond acceptors (Lipinski definition) is 5. The number of imide groups is 1. The van der Waals surface area contributed by atoms with Crippen LogP contribution in [0.4, 0.5) is 5.69 Å². The Morgan fingerprint density at radius 3 is 2.31 bits per heavy atom. The van der Waals surface area contributed by atoms with E-state index in [9.17, 15) is 19.2 Å². The van der Waals surface area contributed by atoms with Gasteiger partial charge in [0.25, 0.3) is 0 Å². The minimum atomic E-state index is -0.692. The van der Waals surface area contributed by atoms with Crippen LogP contribution < -0.4 is 4.90 Å². The number of esters is 1. The molecule has 0 aromatic heterocycles. The molecule has 2 fully saturated rings. The summed E-state index contributed by atoms with van der Waals surface area (Å²) in [5.41, 5.74) is 2.15. The van der Waals surface area contributed by atoms with Gasteiger partial charge >= 0.3 is 5.97 Å². The number of carbonyl (C=O) groups excluding carboxylic acids is 4. The van der Waals surface area contributed by atoms with E-state index >= 15 is 0 Å². The summed E-state index contributed by atoms with van der Waals surface area (Å²) >= 11 is 3.32. The monoisotopic (exact) mass is 545 g/mol. The van der Waals surface area contributed by atoms with Gasteiger partial charge in [-0.25, -0.2) is 4.79 Å². The molecular formula is C29H24BrNO5. The van der Waals surface area contributed by atoms with Crippen LogP contribution in [-0.2, 0) is 14.3 Å². The zero-order chi connectivity index (χ0) is 25.2. The van der Waals surface area contributed by atoms with Gasteiger partial charge in [-0.15, -0.1) is 0 Å². The molecule has 0 unspecified atom stereocenters. The van der Waals surface area contributed by atoms with Crippen LogP contribution in [0.2, 0.25) is 0 Å². The molecule has 1 saturated carbocycles. The van der Waals surface area contributed by atoms with Gasteiger partial charge in [-0.05, 0) is 61.1 Å². The summed E-state index contributed by atoms with van der Waals surface area (Å²) in [4.78, 5) is 52.8. The van der Waals surface area contributed by atoms with E-state index in [0.29, 0.717) is 24.1 Å². The lowest BCUT2D eigenvalue weighted by Gasteiger charge is -2.28. The number of ether oxygens (including phenoxy) is 1. The first kappa shape index (κ1) is 24.1. The van der Waals surface area contributed by atoms with Crippen LogP contribution in [0.25, 0.3) is 0 Å². The fourth-order valence-electron chi connectivity index (χ4n) is 5.17. The second kappa shape index (κ2) is 10.2. The highest BCUT2D eigenvalue weighted by molar-refractivity contribution is 9.10. The largest absolute Gasteiger partial charge is 0.454 e. The fraction of sp³-hybridized carbons (Fsp3) is 0.241. The number of fused-ring (bicyclic) bond motifs is 1. The van der Waals surface area contributed by atoms with Gasteiger partial charge in [-0.2, -0.15) is 0 Å². The summed E-state index contributed by atoms with van der Waals surface area (Å²) in [5.74, 6) is -1.91. The van der Waals surface area contributed by atoms with Gasteiger partial charge < -0.3 is 4.74 Å². The van der Waals surface area contributed by atoms with Crippen molar-refractivity contribution in [2.45, 2.75) is 25.2 Å². The van der Waals surface area contributed by atoms with Gasteiger partial charge in [0.2, 0.25) is 11.8 Å². The Kier molecular flexibility index (Phi) is 6.83. The lowest BCUT2D eigenvalue weighted by molar-refractivity contribution is -0.122. The molecule has 0 radical (unpaired) electrons. The molecule has 3 atom stereocenters. The van der Waals surface area contributed by atoms with Crippen molar-refractivity contribution in [3.05, 3.63) is 100 Å². The van der Waals surface area contributed by atoms with E-state index in [4.69, 9.17) is 4.74 Å². The number of Topliss-reactive ketones (excluding diaryl/α,β-unsaturated/α-hetero) is 1. The van der Waals surface area contributed by atoms with Gasteiger partial charge in [0.15, 0.2) is 12.4 Å². The normalized spacial score (nSPS) is 21.2. The Labute approximate surface area is 217 Å². The molecule has 7 heteroatoms. The first-order chi connectivity index (χ1) is 17.4. The van der Waals surface area contributed by atoms with E-state index in [1.54, 1.807) is 42.5 Å². The SMILES string of the molecule is O=C(COC(=O)c1cccc(N2C(=O)[C@H]3CC[C@H](c4ccccc4)C[C@H]3C2=O)c1)c1ccc(Br)cc1. The highest BCUT2D eigenvalue weighted by Crippen LogP contribution is 2.45. The Bertz CT molecular complexity index is 1320. The maximum absolute atomic E-state index is 13.3. The molecule has 0 spiro atoms. The predicted molar refractivity (Wildman–Crippen MR) is 138 cm³/mol. The Morgan fingerprint density at radius 2 is 1.56 bits per heavy atom. The van der Waals surface area contributed by atoms with Gasteiger partial charge in [-0.3, -0.25) is 19.3 Å².